The van der Waals surface area contributed by atoms with Gasteiger partial charge in [-0.3, -0.25) is 14.9 Å². The van der Waals surface area contributed by atoms with E-state index in [-0.39, 0.29) is 17.9 Å². The van der Waals surface area contributed by atoms with Crippen LogP contribution in [0.15, 0.2) is 54.6 Å². The molecule has 0 saturated heterocycles. The maximum atomic E-state index is 11.9. The lowest BCUT2D eigenvalue weighted by atomic mass is 10.0. The first-order valence-corrected chi connectivity index (χ1v) is 6.45. The molecule has 0 N–H and O–H groups in total. The number of ketones is 1. The standard InChI is InChI=1S/C16H15NO3/c18-15(11-10-13-6-2-1-3-7-13)12-14-8-4-5-9-16(14)17(19)20/h1-9H,10-12H2. The SMILES string of the molecule is O=C(CCc1ccccc1)Cc1ccccc1[N+](=O)[O-]. The fourth-order valence-corrected chi connectivity index (χ4v) is 2.07. The molecule has 0 aliphatic carbocycles. The number of carbonyl (C=O) groups excluding carboxylic acids is 1. The third-order valence-electron chi connectivity index (χ3n) is 3.11. The molecule has 0 fully saturated rings. The van der Waals surface area contributed by atoms with E-state index in [2.05, 4.69) is 0 Å². The second-order valence-electron chi connectivity index (χ2n) is 4.59. The molecule has 2 aromatic rings. The summed E-state index contributed by atoms with van der Waals surface area (Å²) >= 11 is 0. The van der Waals surface area contributed by atoms with E-state index in [9.17, 15) is 14.9 Å². The fourth-order valence-electron chi connectivity index (χ4n) is 2.07. The Morgan fingerprint density at radius 1 is 1.00 bits per heavy atom. The van der Waals surface area contributed by atoms with Gasteiger partial charge in [-0.15, -0.1) is 0 Å². The lowest BCUT2D eigenvalue weighted by Gasteiger charge is -2.03. The number of nitro benzene ring substituents is 1. The van der Waals surface area contributed by atoms with Crippen molar-refractivity contribution in [3.8, 4) is 0 Å². The van der Waals surface area contributed by atoms with Crippen LogP contribution >= 0.6 is 0 Å². The maximum absolute atomic E-state index is 11.9. The Kier molecular flexibility index (Phi) is 4.60. The third-order valence-corrected chi connectivity index (χ3v) is 3.11. The Morgan fingerprint density at radius 3 is 2.35 bits per heavy atom. The number of Topliss-reactive ketones (excluding diaryl/α,β-unsaturated/α-hetero) is 1. The van der Waals surface area contributed by atoms with Crippen LogP contribution in [0, 0.1) is 10.1 Å². The van der Waals surface area contributed by atoms with E-state index in [0.717, 1.165) is 5.56 Å². The van der Waals surface area contributed by atoms with Crippen molar-refractivity contribution in [2.24, 2.45) is 0 Å². The highest BCUT2D eigenvalue weighted by Crippen LogP contribution is 2.19. The van der Waals surface area contributed by atoms with Crippen LogP contribution in [-0.2, 0) is 17.6 Å². The molecule has 20 heavy (non-hydrogen) atoms. The molecule has 0 bridgehead atoms. The van der Waals surface area contributed by atoms with Crippen LogP contribution in [-0.4, -0.2) is 10.7 Å². The number of carbonyl (C=O) groups is 1. The summed E-state index contributed by atoms with van der Waals surface area (Å²) < 4.78 is 0. The summed E-state index contributed by atoms with van der Waals surface area (Å²) in [6.07, 6.45) is 1.18. The lowest BCUT2D eigenvalue weighted by molar-refractivity contribution is -0.385. The van der Waals surface area contributed by atoms with Gasteiger partial charge in [-0.2, -0.15) is 0 Å². The molecule has 0 unspecified atom stereocenters. The van der Waals surface area contributed by atoms with Gasteiger partial charge in [0.05, 0.1) is 4.92 Å². The predicted molar refractivity (Wildman–Crippen MR) is 76.6 cm³/mol. The molecule has 0 amide bonds. The van der Waals surface area contributed by atoms with E-state index in [0.29, 0.717) is 18.4 Å². The van der Waals surface area contributed by atoms with Crippen molar-refractivity contribution < 1.29 is 9.72 Å². The van der Waals surface area contributed by atoms with Gasteiger partial charge in [0.15, 0.2) is 0 Å². The zero-order valence-electron chi connectivity index (χ0n) is 11.0. The zero-order chi connectivity index (χ0) is 14.4. The summed E-state index contributed by atoms with van der Waals surface area (Å²) in [4.78, 5) is 22.4. The quantitative estimate of drug-likeness (QED) is 0.597. The first-order valence-electron chi connectivity index (χ1n) is 6.45. The van der Waals surface area contributed by atoms with Crippen LogP contribution in [0.25, 0.3) is 0 Å². The largest absolute Gasteiger partial charge is 0.299 e. The minimum absolute atomic E-state index is 0.0144. The van der Waals surface area contributed by atoms with Crippen LogP contribution in [0.5, 0.6) is 0 Å². The van der Waals surface area contributed by atoms with Gasteiger partial charge in [-0.1, -0.05) is 48.5 Å². The lowest BCUT2D eigenvalue weighted by Crippen LogP contribution is -2.06. The van der Waals surface area contributed by atoms with Crippen molar-refractivity contribution in [1.29, 1.82) is 0 Å². The van der Waals surface area contributed by atoms with Gasteiger partial charge in [-0.05, 0) is 12.0 Å². The number of hydrogen-bond acceptors (Lipinski definition) is 3. The van der Waals surface area contributed by atoms with Crippen molar-refractivity contribution in [2.45, 2.75) is 19.3 Å². The normalized spacial score (nSPS) is 10.2. The second kappa shape index (κ2) is 6.61. The first-order chi connectivity index (χ1) is 9.66. The van der Waals surface area contributed by atoms with Crippen LogP contribution in [0.1, 0.15) is 17.5 Å². The predicted octanol–water partition coefficient (Wildman–Crippen LogP) is 3.34. The van der Waals surface area contributed by atoms with Crippen LogP contribution in [0.2, 0.25) is 0 Å². The Morgan fingerprint density at radius 2 is 1.65 bits per heavy atom. The summed E-state index contributed by atoms with van der Waals surface area (Å²) in [5.74, 6) is 0.0168. The van der Waals surface area contributed by atoms with Gasteiger partial charge in [-0.25, -0.2) is 0 Å². The van der Waals surface area contributed by atoms with E-state index in [1.807, 2.05) is 30.3 Å². The van der Waals surface area contributed by atoms with Crippen molar-refractivity contribution in [3.05, 3.63) is 75.8 Å². The van der Waals surface area contributed by atoms with Gasteiger partial charge in [0, 0.05) is 24.5 Å². The molecule has 0 atom stereocenters. The maximum Gasteiger partial charge on any atom is 0.273 e. The van der Waals surface area contributed by atoms with Gasteiger partial charge in [0.25, 0.3) is 5.69 Å². The average Bonchev–Trinajstić information content (AvgIpc) is 2.46. The minimum Gasteiger partial charge on any atom is -0.299 e. The van der Waals surface area contributed by atoms with Crippen LogP contribution in [0.3, 0.4) is 0 Å². The Labute approximate surface area is 117 Å². The van der Waals surface area contributed by atoms with E-state index < -0.39 is 4.92 Å². The van der Waals surface area contributed by atoms with Crippen LogP contribution in [0.4, 0.5) is 5.69 Å². The third kappa shape index (κ3) is 3.75. The van der Waals surface area contributed by atoms with Gasteiger partial charge in [0.2, 0.25) is 0 Å². The fraction of sp³-hybridized carbons (Fsp3) is 0.188. The van der Waals surface area contributed by atoms with Crippen molar-refractivity contribution >= 4 is 11.5 Å². The number of hydrogen-bond donors (Lipinski definition) is 0. The second-order valence-corrected chi connectivity index (χ2v) is 4.59. The average molecular weight is 269 g/mol. The molecule has 0 spiro atoms. The highest BCUT2D eigenvalue weighted by Gasteiger charge is 2.15. The van der Waals surface area contributed by atoms with E-state index in [1.165, 1.54) is 6.07 Å². The molecule has 4 nitrogen and oxygen atoms in total. The smallest absolute Gasteiger partial charge is 0.273 e. The number of para-hydroxylation sites is 1. The van der Waals surface area contributed by atoms with Gasteiger partial charge >= 0.3 is 0 Å². The monoisotopic (exact) mass is 269 g/mol. The molecule has 0 aromatic heterocycles. The van der Waals surface area contributed by atoms with Crippen molar-refractivity contribution in [1.82, 2.24) is 0 Å². The summed E-state index contributed by atoms with van der Waals surface area (Å²) in [7, 11) is 0. The minimum atomic E-state index is -0.445. The van der Waals surface area contributed by atoms with Crippen LogP contribution < -0.4 is 0 Å². The Balaban J connectivity index is 1.97. The number of rotatable bonds is 6. The summed E-state index contributed by atoms with van der Waals surface area (Å²) in [5.41, 5.74) is 1.60. The molecular formula is C16H15NO3. The highest BCUT2D eigenvalue weighted by atomic mass is 16.6. The molecule has 0 aliphatic heterocycles. The number of benzene rings is 2. The summed E-state index contributed by atoms with van der Waals surface area (Å²) in [6.45, 7) is 0. The van der Waals surface area contributed by atoms with E-state index in [1.54, 1.807) is 18.2 Å². The Bertz CT molecular complexity index is 608. The molecule has 2 rings (SSSR count). The number of nitrogens with zero attached hydrogens (tertiary/aromatic N) is 1. The topological polar surface area (TPSA) is 60.2 Å². The number of nitro groups is 1. The van der Waals surface area contributed by atoms with Gasteiger partial charge < -0.3 is 0 Å². The molecule has 4 heteroatoms. The zero-order valence-corrected chi connectivity index (χ0v) is 11.0. The van der Waals surface area contributed by atoms with Crippen molar-refractivity contribution in [3.63, 3.8) is 0 Å². The molecule has 0 radical (unpaired) electrons. The van der Waals surface area contributed by atoms with E-state index in [4.69, 9.17) is 0 Å². The molecule has 0 aliphatic rings. The highest BCUT2D eigenvalue weighted by molar-refractivity contribution is 5.82. The summed E-state index contributed by atoms with van der Waals surface area (Å²) in [5, 5.41) is 10.9. The molecule has 102 valence electrons. The first kappa shape index (κ1) is 13.9. The molecular weight excluding hydrogens is 254 g/mol. The van der Waals surface area contributed by atoms with E-state index >= 15 is 0 Å². The number of aryl methyl sites for hydroxylation is 1. The van der Waals surface area contributed by atoms with Crippen molar-refractivity contribution in [2.75, 3.05) is 0 Å². The molecule has 0 saturated carbocycles. The van der Waals surface area contributed by atoms with Gasteiger partial charge in [0.1, 0.15) is 5.78 Å². The summed E-state index contributed by atoms with van der Waals surface area (Å²) in [6, 6.07) is 16.1. The molecule has 0 heterocycles. The molecule has 2 aromatic carbocycles. The Hall–Kier alpha value is -2.49.